The number of nitrogens with zero attached hydrogens (tertiary/aromatic N) is 6. The molecule has 1 amide bonds. The normalized spacial score (nSPS) is 17.3. The van der Waals surface area contributed by atoms with Gasteiger partial charge in [0.2, 0.25) is 0 Å². The predicted molar refractivity (Wildman–Crippen MR) is 153 cm³/mol. The van der Waals surface area contributed by atoms with E-state index < -0.39 is 5.82 Å². The average molecular weight is 564 g/mol. The molecule has 2 aliphatic rings. The third-order valence-corrected chi connectivity index (χ3v) is 7.93. The standard InChI is InChI=1S/C28H42FN7O2.ClH/c1-6-36(20(4)5)27(37)22-14-21(29)9-10-24(22)38-26-25(31-18-32-33-26)34-13-11-28(15-34)16-35(17-28)23(19(2)3)8-7-12-30;/h9-10,14,18-20,23H,6-8,11-13,15-17,30H2,1-5H3;1H. The fourth-order valence-corrected chi connectivity index (χ4v) is 5.99. The summed E-state index contributed by atoms with van der Waals surface area (Å²) in [7, 11) is 0. The minimum atomic E-state index is -0.500. The number of nitrogens with two attached hydrogens (primary N) is 1. The van der Waals surface area contributed by atoms with Crippen molar-refractivity contribution in [3.8, 4) is 11.6 Å². The number of halogens is 2. The minimum Gasteiger partial charge on any atom is -0.434 e. The fourth-order valence-electron chi connectivity index (χ4n) is 5.99. The summed E-state index contributed by atoms with van der Waals surface area (Å²) < 4.78 is 20.3. The number of amides is 1. The van der Waals surface area contributed by atoms with Gasteiger partial charge in [-0.15, -0.1) is 22.6 Å². The number of benzene rings is 1. The molecule has 2 saturated heterocycles. The van der Waals surface area contributed by atoms with Crippen molar-refractivity contribution in [1.82, 2.24) is 25.0 Å². The van der Waals surface area contributed by atoms with Gasteiger partial charge < -0.3 is 20.3 Å². The molecular weight excluding hydrogens is 521 g/mol. The van der Waals surface area contributed by atoms with Gasteiger partial charge in [-0.1, -0.05) is 13.8 Å². The van der Waals surface area contributed by atoms with Crippen LogP contribution < -0.4 is 15.4 Å². The van der Waals surface area contributed by atoms with Crippen LogP contribution in [0, 0.1) is 17.2 Å². The highest BCUT2D eigenvalue weighted by Gasteiger charge is 2.50. The quantitative estimate of drug-likeness (QED) is 0.430. The molecule has 2 N–H and O–H groups in total. The van der Waals surface area contributed by atoms with Crippen LogP contribution in [-0.4, -0.2) is 82.2 Å². The number of hydrogen-bond acceptors (Lipinski definition) is 8. The Morgan fingerprint density at radius 3 is 2.62 bits per heavy atom. The maximum absolute atomic E-state index is 14.2. The van der Waals surface area contributed by atoms with E-state index >= 15 is 0 Å². The van der Waals surface area contributed by atoms with Gasteiger partial charge in [0, 0.05) is 50.2 Å². The molecule has 2 aliphatic heterocycles. The number of aromatic nitrogens is 3. The van der Waals surface area contributed by atoms with Gasteiger partial charge in [0.15, 0.2) is 5.82 Å². The molecule has 11 heteroatoms. The van der Waals surface area contributed by atoms with Crippen LogP contribution in [0.2, 0.25) is 0 Å². The second kappa shape index (κ2) is 13.2. The Kier molecular flexibility index (Phi) is 10.5. The first-order valence-corrected chi connectivity index (χ1v) is 13.8. The number of likely N-dealkylation sites (tertiary alicyclic amines) is 1. The van der Waals surface area contributed by atoms with Crippen molar-refractivity contribution in [2.24, 2.45) is 17.1 Å². The molecule has 2 fully saturated rings. The summed E-state index contributed by atoms with van der Waals surface area (Å²) in [4.78, 5) is 24.2. The summed E-state index contributed by atoms with van der Waals surface area (Å²) in [5, 5.41) is 8.15. The topological polar surface area (TPSA) is 101 Å². The van der Waals surface area contributed by atoms with E-state index in [-0.39, 0.29) is 47.0 Å². The van der Waals surface area contributed by atoms with Crippen molar-refractivity contribution in [2.45, 2.75) is 66.0 Å². The Hall–Kier alpha value is -2.56. The van der Waals surface area contributed by atoms with Crippen molar-refractivity contribution >= 4 is 24.1 Å². The number of carbonyl (C=O) groups is 1. The molecule has 0 radical (unpaired) electrons. The second-order valence-corrected chi connectivity index (χ2v) is 11.3. The summed E-state index contributed by atoms with van der Waals surface area (Å²) in [6.45, 7) is 15.4. The Labute approximate surface area is 237 Å². The zero-order valence-corrected chi connectivity index (χ0v) is 24.6. The van der Waals surface area contributed by atoms with E-state index in [0.717, 1.165) is 52.0 Å². The van der Waals surface area contributed by atoms with E-state index in [9.17, 15) is 9.18 Å². The molecule has 3 heterocycles. The van der Waals surface area contributed by atoms with Gasteiger partial charge in [-0.3, -0.25) is 9.69 Å². The van der Waals surface area contributed by atoms with E-state index in [1.165, 1.54) is 24.5 Å². The van der Waals surface area contributed by atoms with E-state index in [1.807, 2.05) is 20.8 Å². The number of anilines is 1. The number of ether oxygens (including phenoxy) is 1. The highest BCUT2D eigenvalue weighted by Crippen LogP contribution is 2.44. The van der Waals surface area contributed by atoms with Crippen LogP contribution in [0.1, 0.15) is 64.2 Å². The number of carbonyl (C=O) groups excluding carboxylic acids is 1. The maximum atomic E-state index is 14.2. The molecule has 9 nitrogen and oxygen atoms in total. The molecule has 0 bridgehead atoms. The van der Waals surface area contributed by atoms with Crippen molar-refractivity contribution < 1.29 is 13.9 Å². The highest BCUT2D eigenvalue weighted by atomic mass is 35.5. The summed E-state index contributed by atoms with van der Waals surface area (Å²) in [6, 6.07) is 4.49. The van der Waals surface area contributed by atoms with E-state index in [4.69, 9.17) is 10.5 Å². The molecule has 0 saturated carbocycles. The molecule has 2 aromatic rings. The van der Waals surface area contributed by atoms with Crippen molar-refractivity contribution in [2.75, 3.05) is 44.2 Å². The van der Waals surface area contributed by atoms with E-state index in [1.54, 1.807) is 4.90 Å². The third-order valence-electron chi connectivity index (χ3n) is 7.93. The first-order chi connectivity index (χ1) is 18.2. The second-order valence-electron chi connectivity index (χ2n) is 11.3. The monoisotopic (exact) mass is 563 g/mol. The summed E-state index contributed by atoms with van der Waals surface area (Å²) in [5.74, 6) is 0.853. The van der Waals surface area contributed by atoms with Gasteiger partial charge in [0.25, 0.3) is 11.8 Å². The van der Waals surface area contributed by atoms with Crippen LogP contribution >= 0.6 is 12.4 Å². The Morgan fingerprint density at radius 1 is 1.23 bits per heavy atom. The van der Waals surface area contributed by atoms with Crippen LogP contribution in [0.15, 0.2) is 24.5 Å². The lowest BCUT2D eigenvalue weighted by Gasteiger charge is -2.53. The summed E-state index contributed by atoms with van der Waals surface area (Å²) >= 11 is 0. The largest absolute Gasteiger partial charge is 0.434 e. The Morgan fingerprint density at radius 2 is 1.97 bits per heavy atom. The van der Waals surface area contributed by atoms with Gasteiger partial charge in [-0.25, -0.2) is 9.37 Å². The zero-order chi connectivity index (χ0) is 27.4. The van der Waals surface area contributed by atoms with Gasteiger partial charge in [-0.2, -0.15) is 0 Å². The molecule has 1 spiro atoms. The Balaban J connectivity index is 0.00000420. The van der Waals surface area contributed by atoms with Crippen LogP contribution in [0.25, 0.3) is 0 Å². The molecule has 1 aromatic carbocycles. The molecule has 0 aliphatic carbocycles. The molecule has 1 aromatic heterocycles. The first-order valence-electron chi connectivity index (χ1n) is 13.8. The lowest BCUT2D eigenvalue weighted by atomic mass is 9.76. The molecule has 1 unspecified atom stereocenters. The fraction of sp³-hybridized carbons (Fsp3) is 0.643. The van der Waals surface area contributed by atoms with Gasteiger partial charge >= 0.3 is 0 Å². The lowest BCUT2D eigenvalue weighted by molar-refractivity contribution is -0.0337. The van der Waals surface area contributed by atoms with E-state index in [2.05, 4.69) is 38.8 Å². The van der Waals surface area contributed by atoms with Crippen molar-refractivity contribution in [1.29, 1.82) is 0 Å². The number of rotatable bonds is 11. The number of hydrogen-bond donors (Lipinski definition) is 1. The van der Waals surface area contributed by atoms with Crippen LogP contribution in [0.3, 0.4) is 0 Å². The smallest absolute Gasteiger partial charge is 0.282 e. The zero-order valence-electron chi connectivity index (χ0n) is 23.8. The Bertz CT molecular complexity index is 1110. The molecule has 4 rings (SSSR count). The molecule has 1 atom stereocenters. The van der Waals surface area contributed by atoms with Crippen molar-refractivity contribution in [3.05, 3.63) is 35.9 Å². The lowest BCUT2D eigenvalue weighted by Crippen LogP contribution is -2.62. The molecule has 39 heavy (non-hydrogen) atoms. The molecular formula is C28H43ClFN7O2. The van der Waals surface area contributed by atoms with Gasteiger partial charge in [0.1, 0.15) is 17.9 Å². The SMILES string of the molecule is CCN(C(=O)c1cc(F)ccc1Oc1nncnc1N1CCC2(C1)CN(C(CCCN)C(C)C)C2)C(C)C.Cl. The maximum Gasteiger partial charge on any atom is 0.282 e. The summed E-state index contributed by atoms with van der Waals surface area (Å²) in [6.07, 6.45) is 4.66. The average Bonchev–Trinajstić information content (AvgIpc) is 3.31. The van der Waals surface area contributed by atoms with Crippen LogP contribution in [-0.2, 0) is 0 Å². The summed E-state index contributed by atoms with van der Waals surface area (Å²) in [5.41, 5.74) is 6.15. The predicted octanol–water partition coefficient (Wildman–Crippen LogP) is 4.37. The third kappa shape index (κ3) is 6.78. The van der Waals surface area contributed by atoms with Gasteiger partial charge in [-0.05, 0) is 70.7 Å². The van der Waals surface area contributed by atoms with Crippen LogP contribution in [0.4, 0.5) is 10.2 Å². The van der Waals surface area contributed by atoms with Crippen LogP contribution in [0.5, 0.6) is 11.6 Å². The first kappa shape index (κ1) is 31.0. The molecule has 216 valence electrons. The van der Waals surface area contributed by atoms with Crippen molar-refractivity contribution in [3.63, 3.8) is 0 Å². The highest BCUT2D eigenvalue weighted by molar-refractivity contribution is 5.97. The minimum absolute atomic E-state index is 0. The van der Waals surface area contributed by atoms with Gasteiger partial charge in [0.05, 0.1) is 5.56 Å². The van der Waals surface area contributed by atoms with E-state index in [0.29, 0.717) is 24.3 Å².